The predicted molar refractivity (Wildman–Crippen MR) is 48.6 cm³/mol. The van der Waals surface area contributed by atoms with Crippen LogP contribution in [0.1, 0.15) is 18.1 Å². The minimum Gasteiger partial charge on any atom is -0.371 e. The summed E-state index contributed by atoms with van der Waals surface area (Å²) in [6, 6.07) is 6.89. The fraction of sp³-hybridized carbons (Fsp3) is 0.333. The Bertz CT molecular complexity index is 446. The van der Waals surface area contributed by atoms with E-state index in [0.29, 0.717) is 11.1 Å². The Labute approximate surface area is 76.9 Å². The summed E-state index contributed by atoms with van der Waals surface area (Å²) in [5.41, 5.74) is 1.21. The third-order valence-electron chi connectivity index (χ3n) is 2.47. The van der Waals surface area contributed by atoms with E-state index in [4.69, 9.17) is 0 Å². The van der Waals surface area contributed by atoms with Crippen LogP contribution in [0.4, 0.5) is 0 Å². The van der Waals surface area contributed by atoms with Gasteiger partial charge in [0.05, 0.1) is 5.75 Å². The fourth-order valence-electron chi connectivity index (χ4n) is 1.61. The van der Waals surface area contributed by atoms with Gasteiger partial charge in [-0.1, -0.05) is 24.3 Å². The van der Waals surface area contributed by atoms with Crippen molar-refractivity contribution in [3.05, 3.63) is 35.4 Å². The van der Waals surface area contributed by atoms with Gasteiger partial charge in [-0.25, -0.2) is 8.42 Å². The quantitative estimate of drug-likeness (QED) is 0.670. The highest BCUT2D eigenvalue weighted by atomic mass is 32.2. The van der Waals surface area contributed by atoms with E-state index in [9.17, 15) is 13.5 Å². The minimum atomic E-state index is -3.43. The van der Waals surface area contributed by atoms with Crippen molar-refractivity contribution < 1.29 is 13.5 Å². The smallest absolute Gasteiger partial charge is 0.189 e. The zero-order valence-electron chi connectivity index (χ0n) is 7.19. The van der Waals surface area contributed by atoms with Crippen LogP contribution >= 0.6 is 0 Å². The Kier molecular flexibility index (Phi) is 1.56. The lowest BCUT2D eigenvalue weighted by Crippen LogP contribution is -2.27. The molecule has 1 heterocycles. The maximum atomic E-state index is 11.5. The molecule has 70 valence electrons. The van der Waals surface area contributed by atoms with E-state index in [1.165, 1.54) is 6.92 Å². The summed E-state index contributed by atoms with van der Waals surface area (Å²) in [5, 5.41) is 9.79. The van der Waals surface area contributed by atoms with Gasteiger partial charge in [0.2, 0.25) is 0 Å². The second-order valence-electron chi connectivity index (χ2n) is 3.40. The van der Waals surface area contributed by atoms with Crippen LogP contribution in [-0.4, -0.2) is 13.5 Å². The molecule has 0 fully saturated rings. The number of benzene rings is 1. The van der Waals surface area contributed by atoms with Gasteiger partial charge in [0.15, 0.2) is 14.8 Å². The summed E-state index contributed by atoms with van der Waals surface area (Å²) in [7, 11) is -3.43. The lowest BCUT2D eigenvalue weighted by molar-refractivity contribution is 0.148. The zero-order chi connectivity index (χ0) is 9.69. The predicted octanol–water partition coefficient (Wildman–Crippen LogP) is 0.780. The summed E-state index contributed by atoms with van der Waals surface area (Å²) in [6.07, 6.45) is 0. The van der Waals surface area contributed by atoms with Gasteiger partial charge in [0, 0.05) is 5.56 Å². The summed E-state index contributed by atoms with van der Waals surface area (Å²) in [4.78, 5) is -1.70. The molecule has 0 spiro atoms. The van der Waals surface area contributed by atoms with Crippen molar-refractivity contribution in [2.24, 2.45) is 0 Å². The molecule has 0 radical (unpaired) electrons. The molecule has 0 saturated carbocycles. The maximum absolute atomic E-state index is 11.5. The van der Waals surface area contributed by atoms with Gasteiger partial charge in [-0.3, -0.25) is 0 Å². The number of aliphatic hydroxyl groups is 1. The van der Waals surface area contributed by atoms with Gasteiger partial charge in [0.25, 0.3) is 0 Å². The molecule has 1 aromatic rings. The molecule has 3 nitrogen and oxygen atoms in total. The van der Waals surface area contributed by atoms with Crippen molar-refractivity contribution in [3.8, 4) is 0 Å². The zero-order valence-corrected chi connectivity index (χ0v) is 8.00. The van der Waals surface area contributed by atoms with Crippen LogP contribution in [0.5, 0.6) is 0 Å². The monoisotopic (exact) mass is 198 g/mol. The van der Waals surface area contributed by atoms with Gasteiger partial charge < -0.3 is 5.11 Å². The van der Waals surface area contributed by atoms with Gasteiger partial charge in [-0.05, 0) is 12.5 Å². The average Bonchev–Trinajstić information content (AvgIpc) is 2.20. The molecule has 1 atom stereocenters. The first-order valence-electron chi connectivity index (χ1n) is 3.98. The summed E-state index contributed by atoms with van der Waals surface area (Å²) in [6.45, 7) is 1.33. The lowest BCUT2D eigenvalue weighted by atomic mass is 10.1. The molecule has 1 aliphatic heterocycles. The topological polar surface area (TPSA) is 54.4 Å². The Morgan fingerprint density at radius 2 is 2.00 bits per heavy atom. The van der Waals surface area contributed by atoms with Crippen molar-refractivity contribution in [2.45, 2.75) is 17.6 Å². The second kappa shape index (κ2) is 2.33. The van der Waals surface area contributed by atoms with Crippen molar-refractivity contribution in [2.75, 3.05) is 0 Å². The first kappa shape index (κ1) is 8.72. The number of hydrogen-bond donors (Lipinski definition) is 1. The van der Waals surface area contributed by atoms with E-state index in [2.05, 4.69) is 0 Å². The maximum Gasteiger partial charge on any atom is 0.189 e. The molecule has 0 saturated heterocycles. The van der Waals surface area contributed by atoms with Crippen molar-refractivity contribution in [3.63, 3.8) is 0 Å². The van der Waals surface area contributed by atoms with E-state index in [0.717, 1.165) is 0 Å². The molecule has 1 N–H and O–H groups in total. The van der Waals surface area contributed by atoms with Crippen LogP contribution < -0.4 is 0 Å². The highest BCUT2D eigenvalue weighted by Gasteiger charge is 2.45. The molecule has 0 bridgehead atoms. The van der Waals surface area contributed by atoms with Crippen LogP contribution in [0, 0.1) is 0 Å². The molecule has 13 heavy (non-hydrogen) atoms. The van der Waals surface area contributed by atoms with Crippen molar-refractivity contribution in [1.29, 1.82) is 0 Å². The molecule has 1 aromatic carbocycles. The number of rotatable bonds is 0. The van der Waals surface area contributed by atoms with Crippen LogP contribution in [0.2, 0.25) is 0 Å². The van der Waals surface area contributed by atoms with Gasteiger partial charge in [0.1, 0.15) is 0 Å². The van der Waals surface area contributed by atoms with E-state index in [1.807, 2.05) is 0 Å². The molecular weight excluding hydrogens is 188 g/mol. The van der Waals surface area contributed by atoms with Crippen LogP contribution in [0.3, 0.4) is 0 Å². The average molecular weight is 198 g/mol. The van der Waals surface area contributed by atoms with Gasteiger partial charge in [-0.2, -0.15) is 0 Å². The standard InChI is InChI=1S/C9H10O3S/c1-9(10)8-5-3-2-4-7(8)6-13(9,11)12/h2-5,10H,6H2,1H3. The van der Waals surface area contributed by atoms with Crippen molar-refractivity contribution in [1.82, 2.24) is 0 Å². The van der Waals surface area contributed by atoms with Gasteiger partial charge in [-0.15, -0.1) is 0 Å². The molecule has 4 heteroatoms. The first-order valence-corrected chi connectivity index (χ1v) is 5.63. The normalized spacial score (nSPS) is 30.0. The Balaban J connectivity index is 2.74. The SMILES string of the molecule is CC1(O)c2ccccc2CS1(=O)=O. The molecular formula is C9H10O3S. The largest absolute Gasteiger partial charge is 0.371 e. The molecule has 0 aromatic heterocycles. The molecule has 2 rings (SSSR count). The molecule has 1 aliphatic rings. The summed E-state index contributed by atoms with van der Waals surface area (Å²) in [5.74, 6) is -0.0594. The van der Waals surface area contributed by atoms with Gasteiger partial charge >= 0.3 is 0 Å². The third kappa shape index (κ3) is 1.02. The Hall–Kier alpha value is -0.870. The number of fused-ring (bicyclic) bond motifs is 1. The highest BCUT2D eigenvalue weighted by molar-refractivity contribution is 7.91. The number of sulfone groups is 1. The van der Waals surface area contributed by atoms with E-state index in [1.54, 1.807) is 24.3 Å². The van der Waals surface area contributed by atoms with E-state index >= 15 is 0 Å². The molecule has 0 aliphatic carbocycles. The minimum absolute atomic E-state index is 0.0594. The van der Waals surface area contributed by atoms with E-state index < -0.39 is 14.8 Å². The molecule has 1 unspecified atom stereocenters. The molecule has 0 amide bonds. The summed E-state index contributed by atoms with van der Waals surface area (Å²) >= 11 is 0. The summed E-state index contributed by atoms with van der Waals surface area (Å²) < 4.78 is 23.0. The van der Waals surface area contributed by atoms with Crippen LogP contribution in [0.25, 0.3) is 0 Å². The highest BCUT2D eigenvalue weighted by Crippen LogP contribution is 2.39. The van der Waals surface area contributed by atoms with Crippen molar-refractivity contribution >= 4 is 9.84 Å². The Morgan fingerprint density at radius 3 is 2.62 bits per heavy atom. The second-order valence-corrected chi connectivity index (χ2v) is 5.71. The third-order valence-corrected chi connectivity index (χ3v) is 4.59. The number of hydrogen-bond acceptors (Lipinski definition) is 3. The van der Waals surface area contributed by atoms with E-state index in [-0.39, 0.29) is 5.75 Å². The lowest BCUT2D eigenvalue weighted by Gasteiger charge is -2.16. The first-order chi connectivity index (χ1) is 5.95. The Morgan fingerprint density at radius 1 is 1.38 bits per heavy atom. The van der Waals surface area contributed by atoms with Crippen LogP contribution in [0.15, 0.2) is 24.3 Å². The van der Waals surface area contributed by atoms with Crippen LogP contribution in [-0.2, 0) is 20.5 Å². The fourth-order valence-corrected chi connectivity index (χ4v) is 3.09.